The van der Waals surface area contributed by atoms with Gasteiger partial charge in [0.05, 0.1) is 5.02 Å². The predicted octanol–water partition coefficient (Wildman–Crippen LogP) is 2.34. The lowest BCUT2D eigenvalue weighted by Crippen LogP contribution is -2.51. The molecule has 2 rings (SSSR count). The maximum absolute atomic E-state index is 13.1. The van der Waals surface area contributed by atoms with Gasteiger partial charge in [0.25, 0.3) is 0 Å². The van der Waals surface area contributed by atoms with Crippen molar-refractivity contribution in [3.05, 3.63) is 29.0 Å². The number of amides is 1. The first-order valence-electron chi connectivity index (χ1n) is 6.24. The van der Waals surface area contributed by atoms with Crippen LogP contribution in [-0.4, -0.2) is 47.0 Å². The van der Waals surface area contributed by atoms with Gasteiger partial charge in [-0.3, -0.25) is 4.79 Å². The number of anilines is 1. The molecule has 0 unspecified atom stereocenters. The first-order valence-corrected chi connectivity index (χ1v) is 7.02. The van der Waals surface area contributed by atoms with E-state index in [0.717, 1.165) is 0 Å². The Labute approximate surface area is 127 Å². The second kappa shape index (κ2) is 6.37. The highest BCUT2D eigenvalue weighted by Crippen LogP contribution is 2.19. The van der Waals surface area contributed by atoms with Crippen molar-refractivity contribution in [3.63, 3.8) is 0 Å². The van der Waals surface area contributed by atoms with Gasteiger partial charge in [0.1, 0.15) is 5.82 Å². The second-order valence-electron chi connectivity index (χ2n) is 4.55. The molecule has 108 valence electrons. The zero-order chi connectivity index (χ0) is 14.7. The molecule has 1 heterocycles. The third kappa shape index (κ3) is 3.58. The lowest BCUT2D eigenvalue weighted by atomic mass is 10.3. The maximum atomic E-state index is 13.1. The minimum atomic E-state index is -0.460. The van der Waals surface area contributed by atoms with Crippen LogP contribution in [-0.2, 0) is 4.79 Å². The molecule has 1 amide bonds. The summed E-state index contributed by atoms with van der Waals surface area (Å²) in [6.07, 6.45) is 0. The van der Waals surface area contributed by atoms with Gasteiger partial charge in [0, 0.05) is 38.8 Å². The van der Waals surface area contributed by atoms with Crippen molar-refractivity contribution in [1.82, 2.24) is 9.80 Å². The monoisotopic (exact) mass is 315 g/mol. The minimum Gasteiger partial charge on any atom is -0.345 e. The van der Waals surface area contributed by atoms with Crippen LogP contribution in [0.4, 0.5) is 10.1 Å². The number of carbonyl (C=O) groups is 1. The van der Waals surface area contributed by atoms with E-state index < -0.39 is 5.82 Å². The third-order valence-corrected chi connectivity index (χ3v) is 3.83. The summed E-state index contributed by atoms with van der Waals surface area (Å²) < 4.78 is 13.1. The van der Waals surface area contributed by atoms with Crippen molar-refractivity contribution in [2.24, 2.45) is 0 Å². The number of piperazine rings is 1. The summed E-state index contributed by atoms with van der Waals surface area (Å²) in [5, 5.41) is 3.63. The van der Waals surface area contributed by atoms with Gasteiger partial charge in [0.15, 0.2) is 5.11 Å². The van der Waals surface area contributed by atoms with E-state index in [0.29, 0.717) is 37.0 Å². The Kier molecular flexibility index (Phi) is 4.77. The second-order valence-corrected chi connectivity index (χ2v) is 5.35. The Bertz CT molecular complexity index is 532. The van der Waals surface area contributed by atoms with E-state index in [-0.39, 0.29) is 10.9 Å². The fourth-order valence-corrected chi connectivity index (χ4v) is 2.48. The van der Waals surface area contributed by atoms with E-state index in [9.17, 15) is 9.18 Å². The molecule has 7 heteroatoms. The van der Waals surface area contributed by atoms with E-state index in [1.54, 1.807) is 17.9 Å². The fraction of sp³-hybridized carbons (Fsp3) is 0.385. The van der Waals surface area contributed by atoms with Crippen molar-refractivity contribution in [2.45, 2.75) is 6.92 Å². The smallest absolute Gasteiger partial charge is 0.219 e. The highest BCUT2D eigenvalue weighted by atomic mass is 35.5. The number of halogens is 2. The standard InChI is InChI=1S/C13H15ClFN3OS/c1-9(19)17-4-6-18(7-5-17)13(20)16-10-2-3-12(15)11(14)8-10/h2-3,8H,4-7H2,1H3,(H,16,20). The first kappa shape index (κ1) is 15.0. The molecule has 0 aliphatic carbocycles. The molecule has 1 fully saturated rings. The Balaban J connectivity index is 1.92. The number of benzene rings is 1. The molecule has 0 saturated carbocycles. The van der Waals surface area contributed by atoms with Crippen molar-refractivity contribution in [3.8, 4) is 0 Å². The van der Waals surface area contributed by atoms with E-state index in [2.05, 4.69) is 5.32 Å². The van der Waals surface area contributed by atoms with Crippen molar-refractivity contribution in [1.29, 1.82) is 0 Å². The first-order chi connectivity index (χ1) is 9.47. The van der Waals surface area contributed by atoms with E-state index in [1.807, 2.05) is 4.90 Å². The number of rotatable bonds is 1. The molecule has 0 aromatic heterocycles. The number of carbonyl (C=O) groups excluding carboxylic acids is 1. The molecule has 1 N–H and O–H groups in total. The molecule has 1 saturated heterocycles. The summed E-state index contributed by atoms with van der Waals surface area (Å²) in [5.41, 5.74) is 0.649. The average Bonchev–Trinajstić information content (AvgIpc) is 2.43. The molecule has 0 radical (unpaired) electrons. The Morgan fingerprint density at radius 3 is 2.45 bits per heavy atom. The van der Waals surface area contributed by atoms with Crippen LogP contribution >= 0.6 is 23.8 Å². The predicted molar refractivity (Wildman–Crippen MR) is 81.5 cm³/mol. The molecule has 1 aromatic carbocycles. The quantitative estimate of drug-likeness (QED) is 0.807. The number of nitrogens with one attached hydrogen (secondary N) is 1. The molecule has 0 bridgehead atoms. The third-order valence-electron chi connectivity index (χ3n) is 3.18. The highest BCUT2D eigenvalue weighted by molar-refractivity contribution is 7.80. The number of hydrogen-bond donors (Lipinski definition) is 1. The number of thiocarbonyl (C=S) groups is 1. The van der Waals surface area contributed by atoms with Gasteiger partial charge < -0.3 is 15.1 Å². The summed E-state index contributed by atoms with van der Waals surface area (Å²) in [7, 11) is 0. The normalized spacial score (nSPS) is 15.2. The van der Waals surface area contributed by atoms with Gasteiger partial charge in [-0.05, 0) is 30.4 Å². The van der Waals surface area contributed by atoms with E-state index >= 15 is 0 Å². The van der Waals surface area contributed by atoms with Crippen molar-refractivity contribution < 1.29 is 9.18 Å². The molecular formula is C13H15ClFN3OS. The zero-order valence-electron chi connectivity index (χ0n) is 11.0. The molecule has 0 atom stereocenters. The van der Waals surface area contributed by atoms with Crippen molar-refractivity contribution in [2.75, 3.05) is 31.5 Å². The topological polar surface area (TPSA) is 35.6 Å². The van der Waals surface area contributed by atoms with Gasteiger partial charge in [-0.25, -0.2) is 4.39 Å². The summed E-state index contributed by atoms with van der Waals surface area (Å²) in [5.74, 6) is -0.382. The molecule has 1 aliphatic heterocycles. The number of nitrogens with zero attached hydrogens (tertiary/aromatic N) is 2. The number of hydrogen-bond acceptors (Lipinski definition) is 2. The fourth-order valence-electron chi connectivity index (χ4n) is 2.00. The van der Waals surface area contributed by atoms with Crippen molar-refractivity contribution >= 4 is 40.5 Å². The van der Waals surface area contributed by atoms with Crippen LogP contribution in [0.25, 0.3) is 0 Å². The van der Waals surface area contributed by atoms with E-state index in [1.165, 1.54) is 12.1 Å². The highest BCUT2D eigenvalue weighted by Gasteiger charge is 2.20. The molecular weight excluding hydrogens is 301 g/mol. The maximum Gasteiger partial charge on any atom is 0.219 e. The Hall–Kier alpha value is -1.40. The van der Waals surface area contributed by atoms with Gasteiger partial charge in [-0.15, -0.1) is 0 Å². The molecule has 1 aliphatic rings. The summed E-state index contributed by atoms with van der Waals surface area (Å²) >= 11 is 11.0. The zero-order valence-corrected chi connectivity index (χ0v) is 12.6. The van der Waals surface area contributed by atoms with E-state index in [4.69, 9.17) is 23.8 Å². The molecule has 4 nitrogen and oxygen atoms in total. The summed E-state index contributed by atoms with van der Waals surface area (Å²) in [6, 6.07) is 4.37. The molecule has 0 spiro atoms. The van der Waals surface area contributed by atoms with Crippen LogP contribution in [0, 0.1) is 5.82 Å². The van der Waals surface area contributed by atoms with Gasteiger partial charge in [-0.2, -0.15) is 0 Å². The average molecular weight is 316 g/mol. The molecule has 1 aromatic rings. The van der Waals surface area contributed by atoms with Crippen LogP contribution in [0.2, 0.25) is 5.02 Å². The van der Waals surface area contributed by atoms with Gasteiger partial charge >= 0.3 is 0 Å². The minimum absolute atomic E-state index is 0.0548. The summed E-state index contributed by atoms with van der Waals surface area (Å²) in [4.78, 5) is 15.0. The lowest BCUT2D eigenvalue weighted by Gasteiger charge is -2.35. The van der Waals surface area contributed by atoms with Crippen LogP contribution in [0.1, 0.15) is 6.92 Å². The van der Waals surface area contributed by atoms with Gasteiger partial charge in [-0.1, -0.05) is 11.6 Å². The molecule has 20 heavy (non-hydrogen) atoms. The Morgan fingerprint density at radius 1 is 1.30 bits per heavy atom. The van der Waals surface area contributed by atoms with Crippen LogP contribution in [0.3, 0.4) is 0 Å². The van der Waals surface area contributed by atoms with Crippen LogP contribution in [0.15, 0.2) is 18.2 Å². The SMILES string of the molecule is CC(=O)N1CCN(C(=S)Nc2ccc(F)c(Cl)c2)CC1. The summed E-state index contributed by atoms with van der Waals surface area (Å²) in [6.45, 7) is 4.23. The van der Waals surface area contributed by atoms with Crippen LogP contribution in [0.5, 0.6) is 0 Å². The largest absolute Gasteiger partial charge is 0.345 e. The Morgan fingerprint density at radius 2 is 1.90 bits per heavy atom. The van der Waals surface area contributed by atoms with Crippen LogP contribution < -0.4 is 5.32 Å². The lowest BCUT2D eigenvalue weighted by molar-refractivity contribution is -0.130. The van der Waals surface area contributed by atoms with Gasteiger partial charge in [0.2, 0.25) is 5.91 Å².